The van der Waals surface area contributed by atoms with E-state index in [1.54, 1.807) is 0 Å². The summed E-state index contributed by atoms with van der Waals surface area (Å²) in [5, 5.41) is 6.75. The molecule has 166 valence electrons. The maximum absolute atomic E-state index is 13.4. The van der Waals surface area contributed by atoms with Crippen molar-refractivity contribution in [1.29, 1.82) is 0 Å². The molecule has 1 spiro atoms. The lowest BCUT2D eigenvalue weighted by atomic mass is 9.67. The fourth-order valence-electron chi connectivity index (χ4n) is 5.77. The molecular weight excluding hydrogens is 408 g/mol. The molecular formula is C24H32N4O2S. The molecule has 3 fully saturated rings. The summed E-state index contributed by atoms with van der Waals surface area (Å²) in [5.41, 5.74) is 0.697. The molecule has 7 heteroatoms. The van der Waals surface area contributed by atoms with Crippen molar-refractivity contribution in [2.24, 2.45) is 11.8 Å². The van der Waals surface area contributed by atoms with Crippen molar-refractivity contribution < 1.29 is 9.59 Å². The SMILES string of the molecule is C[C@@H]1CCC[C@H](C)C12NC(=O)N(CN1CCN(Cc3csc4ccccc34)CC1)C2=O. The molecule has 3 amide bonds. The van der Waals surface area contributed by atoms with Gasteiger partial charge in [0.2, 0.25) is 0 Å². The summed E-state index contributed by atoms with van der Waals surface area (Å²) in [5.74, 6) is 0.370. The van der Waals surface area contributed by atoms with Gasteiger partial charge >= 0.3 is 6.03 Å². The zero-order chi connectivity index (χ0) is 21.6. The first-order chi connectivity index (χ1) is 15.0. The maximum Gasteiger partial charge on any atom is 0.326 e. The minimum atomic E-state index is -0.697. The summed E-state index contributed by atoms with van der Waals surface area (Å²) in [6, 6.07) is 8.38. The largest absolute Gasteiger partial charge is 0.326 e. The van der Waals surface area contributed by atoms with Crippen LogP contribution in [0.1, 0.15) is 38.7 Å². The van der Waals surface area contributed by atoms with E-state index in [1.165, 1.54) is 20.5 Å². The van der Waals surface area contributed by atoms with Crippen LogP contribution in [0.25, 0.3) is 10.1 Å². The van der Waals surface area contributed by atoms with Gasteiger partial charge in [0.05, 0.1) is 6.67 Å². The van der Waals surface area contributed by atoms with Crippen molar-refractivity contribution in [2.45, 2.75) is 45.2 Å². The fraction of sp³-hybridized carbons (Fsp3) is 0.583. The van der Waals surface area contributed by atoms with Gasteiger partial charge < -0.3 is 5.32 Å². The molecule has 3 atom stereocenters. The number of hydrogen-bond acceptors (Lipinski definition) is 5. The van der Waals surface area contributed by atoms with Gasteiger partial charge in [0.25, 0.3) is 5.91 Å². The number of fused-ring (bicyclic) bond motifs is 1. The number of hydrogen-bond donors (Lipinski definition) is 1. The summed E-state index contributed by atoms with van der Waals surface area (Å²) in [7, 11) is 0. The normalized spacial score (nSPS) is 30.5. The van der Waals surface area contributed by atoms with Crippen LogP contribution in [0, 0.1) is 11.8 Å². The third kappa shape index (κ3) is 3.56. The second-order valence-corrected chi connectivity index (χ2v) is 10.5. The third-order valence-electron chi connectivity index (χ3n) is 7.75. The predicted octanol–water partition coefficient (Wildman–Crippen LogP) is 3.72. The van der Waals surface area contributed by atoms with Crippen LogP contribution < -0.4 is 5.32 Å². The Hall–Kier alpha value is -1.96. The Morgan fingerprint density at radius 1 is 1.03 bits per heavy atom. The van der Waals surface area contributed by atoms with Gasteiger partial charge in [0, 0.05) is 37.4 Å². The molecule has 2 saturated heterocycles. The van der Waals surface area contributed by atoms with Crippen molar-refractivity contribution >= 4 is 33.4 Å². The van der Waals surface area contributed by atoms with Gasteiger partial charge in [-0.1, -0.05) is 38.5 Å². The van der Waals surface area contributed by atoms with E-state index in [0.717, 1.165) is 52.0 Å². The molecule has 5 rings (SSSR count). The summed E-state index contributed by atoms with van der Waals surface area (Å²) in [6.45, 7) is 9.24. The molecule has 1 aromatic carbocycles. The molecule has 1 aromatic heterocycles. The maximum atomic E-state index is 13.4. The number of carbonyl (C=O) groups excluding carboxylic acids is 2. The number of piperazine rings is 1. The summed E-state index contributed by atoms with van der Waals surface area (Å²) >= 11 is 1.81. The van der Waals surface area contributed by atoms with Crippen LogP contribution in [0.2, 0.25) is 0 Å². The van der Waals surface area contributed by atoms with Crippen molar-refractivity contribution in [3.8, 4) is 0 Å². The summed E-state index contributed by atoms with van der Waals surface area (Å²) in [4.78, 5) is 32.4. The Morgan fingerprint density at radius 2 is 1.71 bits per heavy atom. The van der Waals surface area contributed by atoms with E-state index in [-0.39, 0.29) is 23.8 Å². The quantitative estimate of drug-likeness (QED) is 0.736. The molecule has 1 saturated carbocycles. The highest BCUT2D eigenvalue weighted by Crippen LogP contribution is 2.42. The summed E-state index contributed by atoms with van der Waals surface area (Å²) in [6.07, 6.45) is 3.13. The van der Waals surface area contributed by atoms with Crippen LogP contribution in [0.4, 0.5) is 4.79 Å². The number of amides is 3. The average molecular weight is 441 g/mol. The fourth-order valence-corrected chi connectivity index (χ4v) is 6.72. The molecule has 3 aliphatic rings. The molecule has 1 aliphatic carbocycles. The molecule has 3 heterocycles. The molecule has 31 heavy (non-hydrogen) atoms. The molecule has 2 aliphatic heterocycles. The zero-order valence-corrected chi connectivity index (χ0v) is 19.3. The van der Waals surface area contributed by atoms with Gasteiger partial charge in [-0.25, -0.2) is 9.69 Å². The Kier molecular flexibility index (Phi) is 5.52. The number of carbonyl (C=O) groups is 2. The lowest BCUT2D eigenvalue weighted by Gasteiger charge is -2.42. The molecule has 2 aromatic rings. The molecule has 1 N–H and O–H groups in total. The number of urea groups is 1. The van der Waals surface area contributed by atoms with E-state index in [4.69, 9.17) is 0 Å². The first kappa shape index (κ1) is 20.9. The summed E-state index contributed by atoms with van der Waals surface area (Å²) < 4.78 is 1.34. The number of benzene rings is 1. The van der Waals surface area contributed by atoms with Gasteiger partial charge in [-0.3, -0.25) is 14.6 Å². The van der Waals surface area contributed by atoms with Crippen LogP contribution in [0.3, 0.4) is 0 Å². The Morgan fingerprint density at radius 3 is 2.45 bits per heavy atom. The predicted molar refractivity (Wildman–Crippen MR) is 124 cm³/mol. The van der Waals surface area contributed by atoms with Crippen molar-refractivity contribution in [3.05, 3.63) is 35.2 Å². The minimum Gasteiger partial charge on any atom is -0.323 e. The minimum absolute atomic E-state index is 0.00984. The molecule has 1 unspecified atom stereocenters. The first-order valence-electron chi connectivity index (χ1n) is 11.5. The van der Waals surface area contributed by atoms with E-state index >= 15 is 0 Å². The molecule has 0 bridgehead atoms. The number of rotatable bonds is 4. The smallest absolute Gasteiger partial charge is 0.323 e. The van der Waals surface area contributed by atoms with Crippen LogP contribution in [0.5, 0.6) is 0 Å². The van der Waals surface area contributed by atoms with Crippen molar-refractivity contribution in [1.82, 2.24) is 20.0 Å². The topological polar surface area (TPSA) is 55.9 Å². The van der Waals surface area contributed by atoms with Gasteiger partial charge in [0.1, 0.15) is 5.54 Å². The lowest BCUT2D eigenvalue weighted by Crippen LogP contribution is -2.59. The van der Waals surface area contributed by atoms with Gasteiger partial charge in [-0.05, 0) is 47.1 Å². The third-order valence-corrected chi connectivity index (χ3v) is 8.76. The Balaban J connectivity index is 1.20. The van der Waals surface area contributed by atoms with E-state index in [1.807, 2.05) is 11.3 Å². The van der Waals surface area contributed by atoms with Gasteiger partial charge in [-0.15, -0.1) is 11.3 Å². The van der Waals surface area contributed by atoms with Crippen LogP contribution in [-0.2, 0) is 11.3 Å². The van der Waals surface area contributed by atoms with Gasteiger partial charge in [0.15, 0.2) is 0 Å². The number of nitrogens with zero attached hydrogens (tertiary/aromatic N) is 3. The van der Waals surface area contributed by atoms with E-state index in [2.05, 4.69) is 58.6 Å². The Bertz CT molecular complexity index is 971. The Labute approximate surface area is 188 Å². The number of thiophene rings is 1. The highest BCUT2D eigenvalue weighted by atomic mass is 32.1. The van der Waals surface area contributed by atoms with E-state index < -0.39 is 5.54 Å². The van der Waals surface area contributed by atoms with E-state index in [9.17, 15) is 9.59 Å². The van der Waals surface area contributed by atoms with E-state index in [0.29, 0.717) is 6.67 Å². The van der Waals surface area contributed by atoms with Crippen LogP contribution in [-0.4, -0.2) is 65.0 Å². The van der Waals surface area contributed by atoms with Gasteiger partial charge in [-0.2, -0.15) is 0 Å². The second kappa shape index (κ2) is 8.19. The lowest BCUT2D eigenvalue weighted by molar-refractivity contribution is -0.138. The first-order valence-corrected chi connectivity index (χ1v) is 12.4. The standard InChI is InChI=1S/C24H32N4O2S/c1-17-6-5-7-18(2)24(17)22(29)28(23(30)25-24)16-27-12-10-26(11-13-27)14-19-15-31-21-9-4-3-8-20(19)21/h3-4,8-9,15,17-18H,5-7,10-14,16H2,1-2H3,(H,25,30)/t17-,18+,24?. The highest BCUT2D eigenvalue weighted by Gasteiger charge is 2.58. The second-order valence-electron chi connectivity index (χ2n) is 9.56. The average Bonchev–Trinajstić information content (AvgIpc) is 3.28. The monoisotopic (exact) mass is 440 g/mol. The molecule has 6 nitrogen and oxygen atoms in total. The number of nitrogens with one attached hydrogen (secondary N) is 1. The highest BCUT2D eigenvalue weighted by molar-refractivity contribution is 7.17. The molecule has 0 radical (unpaired) electrons. The van der Waals surface area contributed by atoms with Crippen LogP contribution >= 0.6 is 11.3 Å². The van der Waals surface area contributed by atoms with Crippen LogP contribution in [0.15, 0.2) is 29.6 Å². The van der Waals surface area contributed by atoms with Crippen molar-refractivity contribution in [3.63, 3.8) is 0 Å². The zero-order valence-electron chi connectivity index (χ0n) is 18.5. The number of imide groups is 1. The van der Waals surface area contributed by atoms with Crippen molar-refractivity contribution in [2.75, 3.05) is 32.8 Å².